The largest absolute Gasteiger partial charge is 0.397 e. The van der Waals surface area contributed by atoms with Crippen molar-refractivity contribution in [3.63, 3.8) is 0 Å². The molecule has 0 aliphatic carbocycles. The zero-order valence-corrected chi connectivity index (χ0v) is 12.3. The number of pyridine rings is 1. The minimum Gasteiger partial charge on any atom is -0.397 e. The number of benzene rings is 1. The summed E-state index contributed by atoms with van der Waals surface area (Å²) >= 11 is 0. The average molecular weight is 308 g/mol. The van der Waals surface area contributed by atoms with Gasteiger partial charge >= 0.3 is 0 Å². The lowest BCUT2D eigenvalue weighted by Crippen LogP contribution is -2.24. The fourth-order valence-corrected chi connectivity index (χ4v) is 1.93. The molecule has 2 rings (SSSR count). The van der Waals surface area contributed by atoms with Crippen molar-refractivity contribution in [3.05, 3.63) is 73.1 Å². The van der Waals surface area contributed by atoms with E-state index >= 15 is 0 Å². The van der Waals surface area contributed by atoms with Crippen molar-refractivity contribution in [1.82, 2.24) is 4.98 Å². The summed E-state index contributed by atoms with van der Waals surface area (Å²) in [6.07, 6.45) is 8.50. The molecule has 0 saturated heterocycles. The second-order valence-corrected chi connectivity index (χ2v) is 4.56. The van der Waals surface area contributed by atoms with Gasteiger partial charge in [-0.05, 0) is 24.3 Å². The molecule has 2 amide bonds. The number of allylic oxidation sites excluding steroid dienone is 2. The molecule has 1 heterocycles. The van der Waals surface area contributed by atoms with Crippen LogP contribution in [0.3, 0.4) is 0 Å². The van der Waals surface area contributed by atoms with Gasteiger partial charge in [-0.15, -0.1) is 0 Å². The molecule has 0 aliphatic rings. The number of nitrogens with two attached hydrogens (primary N) is 2. The van der Waals surface area contributed by atoms with Gasteiger partial charge in [0.2, 0.25) is 5.91 Å². The number of amides is 2. The Morgan fingerprint density at radius 2 is 1.78 bits per heavy atom. The van der Waals surface area contributed by atoms with Crippen LogP contribution in [0, 0.1) is 0 Å². The maximum atomic E-state index is 12.5. The molecule has 0 unspecified atom stereocenters. The minimum absolute atomic E-state index is 0.329. The van der Waals surface area contributed by atoms with Gasteiger partial charge in [0.05, 0.1) is 23.3 Å². The first kappa shape index (κ1) is 16.0. The molecule has 2 aromatic rings. The van der Waals surface area contributed by atoms with Crippen LogP contribution in [0.2, 0.25) is 0 Å². The van der Waals surface area contributed by atoms with Crippen LogP contribution in [-0.4, -0.2) is 16.8 Å². The van der Waals surface area contributed by atoms with Crippen molar-refractivity contribution in [3.8, 4) is 0 Å². The molecule has 6 heteroatoms. The fourth-order valence-electron chi connectivity index (χ4n) is 1.93. The summed E-state index contributed by atoms with van der Waals surface area (Å²) in [6, 6.07) is 10.5. The molecule has 23 heavy (non-hydrogen) atoms. The highest BCUT2D eigenvalue weighted by molar-refractivity contribution is 6.08. The summed E-state index contributed by atoms with van der Waals surface area (Å²) in [7, 11) is 0. The molecule has 0 bridgehead atoms. The van der Waals surface area contributed by atoms with Crippen LogP contribution in [0.15, 0.2) is 73.1 Å². The number of hydrogen-bond acceptors (Lipinski definition) is 4. The molecule has 0 fully saturated rings. The van der Waals surface area contributed by atoms with E-state index in [1.807, 2.05) is 0 Å². The van der Waals surface area contributed by atoms with Crippen molar-refractivity contribution in [2.75, 3.05) is 10.6 Å². The zero-order valence-electron chi connectivity index (χ0n) is 12.3. The third-order valence-electron chi connectivity index (χ3n) is 2.91. The molecule has 0 atom stereocenters. The Bertz CT molecular complexity index is 754. The second kappa shape index (κ2) is 7.56. The molecule has 6 nitrogen and oxygen atoms in total. The third-order valence-corrected chi connectivity index (χ3v) is 2.91. The molecule has 116 valence electrons. The molecule has 1 aromatic heterocycles. The smallest absolute Gasteiger partial charge is 0.255 e. The Morgan fingerprint density at radius 1 is 1.04 bits per heavy atom. The number of rotatable bonds is 5. The Morgan fingerprint density at radius 3 is 2.43 bits per heavy atom. The van der Waals surface area contributed by atoms with Gasteiger partial charge in [-0.2, -0.15) is 0 Å². The van der Waals surface area contributed by atoms with Crippen molar-refractivity contribution >= 4 is 28.9 Å². The van der Waals surface area contributed by atoms with Gasteiger partial charge in [0.25, 0.3) is 5.91 Å². The first-order chi connectivity index (χ1) is 11.1. The molecular formula is C17H16N4O2. The monoisotopic (exact) mass is 308 g/mol. The van der Waals surface area contributed by atoms with E-state index in [0.29, 0.717) is 17.1 Å². The van der Waals surface area contributed by atoms with E-state index in [0.717, 1.165) is 6.08 Å². The highest BCUT2D eigenvalue weighted by Gasteiger charge is 2.17. The average Bonchev–Trinajstić information content (AvgIpc) is 2.54. The Kier molecular flexibility index (Phi) is 5.25. The van der Waals surface area contributed by atoms with Crippen LogP contribution in [0.5, 0.6) is 0 Å². The lowest BCUT2D eigenvalue weighted by atomic mass is 10.2. The number of para-hydroxylation sites is 2. The molecule has 0 radical (unpaired) electrons. The summed E-state index contributed by atoms with van der Waals surface area (Å²) in [4.78, 5) is 28.7. The van der Waals surface area contributed by atoms with Crippen LogP contribution in [0.25, 0.3) is 0 Å². The van der Waals surface area contributed by atoms with E-state index in [-0.39, 0.29) is 5.91 Å². The first-order valence-corrected chi connectivity index (χ1v) is 6.82. The maximum absolute atomic E-state index is 12.5. The van der Waals surface area contributed by atoms with Gasteiger partial charge in [0.15, 0.2) is 0 Å². The third kappa shape index (κ3) is 4.28. The number of nitrogen functional groups attached to an aromatic ring is 1. The van der Waals surface area contributed by atoms with Gasteiger partial charge in [0.1, 0.15) is 0 Å². The normalized spacial score (nSPS) is 11.0. The predicted octanol–water partition coefficient (Wildman–Crippen LogP) is 1.93. The zero-order chi connectivity index (χ0) is 16.7. The van der Waals surface area contributed by atoms with E-state index in [2.05, 4.69) is 4.98 Å². The van der Waals surface area contributed by atoms with Gasteiger partial charge in [-0.25, -0.2) is 0 Å². The van der Waals surface area contributed by atoms with Crippen molar-refractivity contribution in [1.29, 1.82) is 0 Å². The highest BCUT2D eigenvalue weighted by atomic mass is 16.2. The SMILES string of the molecule is NC(=O)/C=C/C=C/C(=O)N(c1cccnc1)c1ccccc1N. The standard InChI is InChI=1S/C17H16N4O2/c18-14-7-1-2-8-15(14)21(13-6-5-11-20-12-13)17(23)10-4-3-9-16(19)22/h1-12H,18H2,(H2,19,22)/b9-3+,10-4+. The topological polar surface area (TPSA) is 102 Å². The summed E-state index contributed by atoms with van der Waals surface area (Å²) in [5.74, 6) is -0.913. The number of carbonyl (C=O) groups excluding carboxylic acids is 2. The number of primary amides is 1. The summed E-state index contributed by atoms with van der Waals surface area (Å²) in [6.45, 7) is 0. The van der Waals surface area contributed by atoms with Gasteiger partial charge < -0.3 is 11.5 Å². The van der Waals surface area contributed by atoms with E-state index in [1.54, 1.807) is 48.8 Å². The lowest BCUT2D eigenvalue weighted by molar-refractivity contribution is -0.114. The minimum atomic E-state index is -0.585. The van der Waals surface area contributed by atoms with E-state index in [1.165, 1.54) is 23.1 Å². The van der Waals surface area contributed by atoms with Gasteiger partial charge in [0, 0.05) is 18.3 Å². The summed E-state index contributed by atoms with van der Waals surface area (Å²) in [5, 5.41) is 0. The molecule has 4 N–H and O–H groups in total. The molecule has 1 aromatic carbocycles. The number of nitrogens with zero attached hydrogens (tertiary/aromatic N) is 2. The van der Waals surface area contributed by atoms with Crippen LogP contribution in [0.4, 0.5) is 17.1 Å². The van der Waals surface area contributed by atoms with E-state index in [9.17, 15) is 9.59 Å². The number of carbonyl (C=O) groups is 2. The predicted molar refractivity (Wildman–Crippen MR) is 89.7 cm³/mol. The lowest BCUT2D eigenvalue weighted by Gasteiger charge is -2.22. The molecular weight excluding hydrogens is 292 g/mol. The number of anilines is 3. The molecule has 0 saturated carbocycles. The van der Waals surface area contributed by atoms with Crippen LogP contribution < -0.4 is 16.4 Å². The summed E-state index contributed by atoms with van der Waals surface area (Å²) < 4.78 is 0. The Labute approximate surface area is 133 Å². The van der Waals surface area contributed by atoms with E-state index in [4.69, 9.17) is 11.5 Å². The van der Waals surface area contributed by atoms with Crippen molar-refractivity contribution in [2.45, 2.75) is 0 Å². The highest BCUT2D eigenvalue weighted by Crippen LogP contribution is 2.29. The van der Waals surface area contributed by atoms with Crippen LogP contribution in [0.1, 0.15) is 0 Å². The van der Waals surface area contributed by atoms with Crippen LogP contribution >= 0.6 is 0 Å². The molecule has 0 aliphatic heterocycles. The van der Waals surface area contributed by atoms with Crippen molar-refractivity contribution < 1.29 is 9.59 Å². The quantitative estimate of drug-likeness (QED) is 0.500. The maximum Gasteiger partial charge on any atom is 0.255 e. The first-order valence-electron chi connectivity index (χ1n) is 6.82. The number of aromatic nitrogens is 1. The molecule has 0 spiro atoms. The van der Waals surface area contributed by atoms with E-state index < -0.39 is 5.91 Å². The summed E-state index contributed by atoms with van der Waals surface area (Å²) in [5.41, 5.74) is 12.6. The Balaban J connectivity index is 2.37. The van der Waals surface area contributed by atoms with Crippen LogP contribution in [-0.2, 0) is 9.59 Å². The fraction of sp³-hybridized carbons (Fsp3) is 0. The number of hydrogen-bond donors (Lipinski definition) is 2. The second-order valence-electron chi connectivity index (χ2n) is 4.56. The Hall–Kier alpha value is -3.41. The van der Waals surface area contributed by atoms with Crippen molar-refractivity contribution in [2.24, 2.45) is 5.73 Å². The van der Waals surface area contributed by atoms with Gasteiger partial charge in [-0.3, -0.25) is 19.5 Å². The van der Waals surface area contributed by atoms with Gasteiger partial charge in [-0.1, -0.05) is 24.3 Å².